The third-order valence-electron chi connectivity index (χ3n) is 2.51. The fourth-order valence-corrected chi connectivity index (χ4v) is 1.57. The van der Waals surface area contributed by atoms with Gasteiger partial charge in [-0.15, -0.1) is 0 Å². The van der Waals surface area contributed by atoms with Crippen LogP contribution in [0.15, 0.2) is 0 Å². The predicted molar refractivity (Wildman–Crippen MR) is 50.6 cm³/mol. The fourth-order valence-electron chi connectivity index (χ4n) is 1.57. The molecular weight excluding hydrogens is 184 g/mol. The number of hydrogen-bond donors (Lipinski definition) is 1. The van der Waals surface area contributed by atoms with Crippen molar-refractivity contribution in [2.24, 2.45) is 0 Å². The molecular formula is C10H18O4. The molecule has 4 nitrogen and oxygen atoms in total. The maximum absolute atomic E-state index is 10.1. The van der Waals surface area contributed by atoms with E-state index in [4.69, 9.17) is 9.78 Å². The molecule has 4 heteroatoms. The van der Waals surface area contributed by atoms with Crippen molar-refractivity contribution in [2.45, 2.75) is 57.3 Å². The summed E-state index contributed by atoms with van der Waals surface area (Å²) in [5.41, 5.74) is 0. The Bertz CT molecular complexity index is 172. The number of aliphatic hydroxyl groups excluding tert-OH is 1. The first-order valence-corrected chi connectivity index (χ1v) is 5.21. The molecule has 0 bridgehead atoms. The highest BCUT2D eigenvalue weighted by Gasteiger charge is 2.31. The van der Waals surface area contributed by atoms with E-state index >= 15 is 0 Å². The van der Waals surface area contributed by atoms with Crippen molar-refractivity contribution in [3.8, 4) is 0 Å². The molecule has 1 N–H and O–H groups in total. The Balaban J connectivity index is 2.16. The van der Waals surface area contributed by atoms with Crippen molar-refractivity contribution in [1.82, 2.24) is 0 Å². The lowest BCUT2D eigenvalue weighted by Gasteiger charge is -2.11. The zero-order chi connectivity index (χ0) is 10.4. The Labute approximate surface area is 84.1 Å². The number of unbranched alkanes of at least 4 members (excludes halogenated alkanes) is 1. The van der Waals surface area contributed by atoms with Gasteiger partial charge >= 0.3 is 0 Å². The van der Waals surface area contributed by atoms with Crippen LogP contribution in [0.1, 0.15) is 39.0 Å². The first-order valence-electron chi connectivity index (χ1n) is 5.21. The molecule has 0 spiro atoms. The zero-order valence-electron chi connectivity index (χ0n) is 8.52. The number of aldehydes is 1. The van der Waals surface area contributed by atoms with Gasteiger partial charge in [0, 0.05) is 12.8 Å². The van der Waals surface area contributed by atoms with Gasteiger partial charge in [0.25, 0.3) is 0 Å². The van der Waals surface area contributed by atoms with Gasteiger partial charge in [0.15, 0.2) is 0 Å². The first kappa shape index (κ1) is 11.6. The zero-order valence-corrected chi connectivity index (χ0v) is 8.52. The molecule has 0 aliphatic carbocycles. The van der Waals surface area contributed by atoms with Crippen LogP contribution >= 0.6 is 0 Å². The van der Waals surface area contributed by atoms with E-state index in [-0.39, 0.29) is 12.2 Å². The highest BCUT2D eigenvalue weighted by atomic mass is 17.2. The molecule has 82 valence electrons. The number of carbonyl (C=O) groups excluding carboxylic acids is 1. The smallest absolute Gasteiger partial charge is 0.121 e. The molecule has 1 rings (SSSR count). The molecule has 1 aliphatic rings. The van der Waals surface area contributed by atoms with Crippen molar-refractivity contribution in [3.63, 3.8) is 0 Å². The van der Waals surface area contributed by atoms with E-state index in [0.29, 0.717) is 12.8 Å². The van der Waals surface area contributed by atoms with Gasteiger partial charge in [0.05, 0.1) is 12.2 Å². The number of carbonyl (C=O) groups is 1. The van der Waals surface area contributed by atoms with Gasteiger partial charge in [-0.3, -0.25) is 0 Å². The average Bonchev–Trinajstić information content (AvgIpc) is 2.66. The van der Waals surface area contributed by atoms with E-state index in [0.717, 1.165) is 25.5 Å². The van der Waals surface area contributed by atoms with E-state index in [2.05, 4.69) is 0 Å². The van der Waals surface area contributed by atoms with Crippen molar-refractivity contribution < 1.29 is 19.7 Å². The Morgan fingerprint density at radius 1 is 1.57 bits per heavy atom. The first-order chi connectivity index (χ1) is 6.77. The van der Waals surface area contributed by atoms with Crippen LogP contribution in [0.5, 0.6) is 0 Å². The monoisotopic (exact) mass is 202 g/mol. The summed E-state index contributed by atoms with van der Waals surface area (Å²) in [6, 6.07) is 0. The molecule has 0 aromatic carbocycles. The summed E-state index contributed by atoms with van der Waals surface area (Å²) in [5, 5.41) is 9.49. The largest absolute Gasteiger partial charge is 0.390 e. The van der Waals surface area contributed by atoms with E-state index < -0.39 is 6.10 Å². The van der Waals surface area contributed by atoms with Crippen LogP contribution in [0.3, 0.4) is 0 Å². The minimum atomic E-state index is -0.439. The topological polar surface area (TPSA) is 55.8 Å². The molecule has 1 saturated heterocycles. The van der Waals surface area contributed by atoms with Crippen LogP contribution < -0.4 is 0 Å². The van der Waals surface area contributed by atoms with Crippen molar-refractivity contribution >= 4 is 6.29 Å². The maximum atomic E-state index is 10.1. The summed E-state index contributed by atoms with van der Waals surface area (Å²) < 4.78 is 0. The van der Waals surface area contributed by atoms with Gasteiger partial charge in [-0.2, -0.15) is 0 Å². The predicted octanol–water partition coefficient (Wildman–Crippen LogP) is 1.22. The van der Waals surface area contributed by atoms with Crippen LogP contribution in [0.25, 0.3) is 0 Å². The van der Waals surface area contributed by atoms with E-state index in [1.807, 2.05) is 6.92 Å². The fraction of sp³-hybridized carbons (Fsp3) is 0.900. The summed E-state index contributed by atoms with van der Waals surface area (Å²) in [7, 11) is 0. The van der Waals surface area contributed by atoms with Crippen LogP contribution in [0, 0.1) is 0 Å². The van der Waals surface area contributed by atoms with E-state index in [1.165, 1.54) is 0 Å². The van der Waals surface area contributed by atoms with Crippen LogP contribution in [0.4, 0.5) is 0 Å². The van der Waals surface area contributed by atoms with Crippen LogP contribution in [-0.2, 0) is 14.6 Å². The van der Waals surface area contributed by atoms with Gasteiger partial charge in [-0.1, -0.05) is 6.92 Å². The number of rotatable bonds is 6. The van der Waals surface area contributed by atoms with Crippen LogP contribution in [0.2, 0.25) is 0 Å². The third-order valence-corrected chi connectivity index (χ3v) is 2.51. The minimum absolute atomic E-state index is 0.0427. The summed E-state index contributed by atoms with van der Waals surface area (Å²) >= 11 is 0. The summed E-state index contributed by atoms with van der Waals surface area (Å²) in [6.45, 7) is 1.91. The summed E-state index contributed by atoms with van der Waals surface area (Å²) in [5.74, 6) is 0. The van der Waals surface area contributed by atoms with Crippen molar-refractivity contribution in [2.75, 3.05) is 0 Å². The Morgan fingerprint density at radius 3 is 3.00 bits per heavy atom. The molecule has 0 radical (unpaired) electrons. The van der Waals surface area contributed by atoms with Gasteiger partial charge < -0.3 is 9.90 Å². The van der Waals surface area contributed by atoms with E-state index in [9.17, 15) is 9.90 Å². The maximum Gasteiger partial charge on any atom is 0.121 e. The average molecular weight is 202 g/mol. The second-order valence-electron chi connectivity index (χ2n) is 3.66. The van der Waals surface area contributed by atoms with Crippen LogP contribution in [-0.4, -0.2) is 29.7 Å². The van der Waals surface area contributed by atoms with Crippen molar-refractivity contribution in [3.05, 3.63) is 0 Å². The second-order valence-corrected chi connectivity index (χ2v) is 3.66. The normalized spacial score (nSPS) is 29.0. The molecule has 3 unspecified atom stereocenters. The van der Waals surface area contributed by atoms with Gasteiger partial charge in [0.2, 0.25) is 0 Å². The molecule has 0 aromatic rings. The summed E-state index contributed by atoms with van der Waals surface area (Å²) in [4.78, 5) is 20.2. The number of aliphatic hydroxyl groups is 1. The highest BCUT2D eigenvalue weighted by molar-refractivity contribution is 5.48. The Hall–Kier alpha value is -0.450. The Kier molecular flexibility index (Phi) is 5.07. The molecule has 0 amide bonds. The minimum Gasteiger partial charge on any atom is -0.390 e. The lowest BCUT2D eigenvalue weighted by Crippen LogP contribution is -2.24. The van der Waals surface area contributed by atoms with Gasteiger partial charge in [0.1, 0.15) is 12.4 Å². The SMILES string of the molecule is CCC(O)C1CC(CCCC=O)OO1. The third kappa shape index (κ3) is 3.36. The molecule has 0 aromatic heterocycles. The standard InChI is InChI=1S/C10H18O4/c1-2-9(12)10-7-8(13-14-10)5-3-4-6-11/h6,8-10,12H,2-5,7H2,1H3. The Morgan fingerprint density at radius 2 is 2.36 bits per heavy atom. The summed E-state index contributed by atoms with van der Waals surface area (Å²) in [6.07, 6.45) is 3.95. The molecule has 14 heavy (non-hydrogen) atoms. The van der Waals surface area contributed by atoms with E-state index in [1.54, 1.807) is 0 Å². The quantitative estimate of drug-likeness (QED) is 0.399. The lowest BCUT2D eigenvalue weighted by molar-refractivity contribution is -0.308. The second kappa shape index (κ2) is 6.11. The molecule has 3 atom stereocenters. The molecule has 1 heterocycles. The van der Waals surface area contributed by atoms with Gasteiger partial charge in [-0.25, -0.2) is 9.78 Å². The van der Waals surface area contributed by atoms with Crippen molar-refractivity contribution in [1.29, 1.82) is 0 Å². The van der Waals surface area contributed by atoms with Gasteiger partial charge in [-0.05, 0) is 19.3 Å². The molecule has 0 saturated carbocycles. The molecule has 1 fully saturated rings. The molecule has 1 aliphatic heterocycles. The lowest BCUT2D eigenvalue weighted by atomic mass is 10.0. The highest BCUT2D eigenvalue weighted by Crippen LogP contribution is 2.24. The number of hydrogen-bond acceptors (Lipinski definition) is 4.